The second kappa shape index (κ2) is 4.09. The monoisotopic (exact) mass is 257 g/mol. The lowest BCUT2D eigenvalue weighted by Crippen LogP contribution is -2.44. The number of carbonyl (C=O) groups excluding carboxylic acids is 1. The molecule has 0 bridgehead atoms. The molecule has 0 spiro atoms. The van der Waals surface area contributed by atoms with Crippen LogP contribution in [0.2, 0.25) is 5.02 Å². The number of carbonyl (C=O) groups is 1. The van der Waals surface area contributed by atoms with Gasteiger partial charge in [-0.25, -0.2) is 0 Å². The Morgan fingerprint density at radius 2 is 2.35 bits per heavy atom. The van der Waals surface area contributed by atoms with Gasteiger partial charge in [0.25, 0.3) is 5.91 Å². The van der Waals surface area contributed by atoms with E-state index in [1.165, 1.54) is 13.2 Å². The van der Waals surface area contributed by atoms with E-state index in [1.54, 1.807) is 6.07 Å². The smallest absolute Gasteiger partial charge is 0.254 e. The van der Waals surface area contributed by atoms with Gasteiger partial charge < -0.3 is 20.3 Å². The molecule has 3 N–H and O–H groups in total. The third-order valence-electron chi connectivity index (χ3n) is 2.82. The van der Waals surface area contributed by atoms with Crippen molar-refractivity contribution in [3.05, 3.63) is 22.7 Å². The number of aliphatic hydroxyl groups is 1. The maximum absolute atomic E-state index is 11.4. The first kappa shape index (κ1) is 12.0. The van der Waals surface area contributed by atoms with Crippen LogP contribution in [0.15, 0.2) is 12.1 Å². The second-order valence-corrected chi connectivity index (χ2v) is 4.22. The van der Waals surface area contributed by atoms with Crippen LogP contribution in [0, 0.1) is 0 Å². The topological polar surface area (TPSA) is 81.8 Å². The molecule has 1 aromatic carbocycles. The summed E-state index contributed by atoms with van der Waals surface area (Å²) in [6, 6.07) is 3.05. The van der Waals surface area contributed by atoms with Crippen LogP contribution in [0.1, 0.15) is 12.0 Å². The average molecular weight is 258 g/mol. The number of hydrogen-bond donors (Lipinski definition) is 2. The number of benzene rings is 1. The number of nitrogens with two attached hydrogens (primary N) is 1. The largest absolute Gasteiger partial charge is 0.497 e. The molecule has 5 nitrogen and oxygen atoms in total. The van der Waals surface area contributed by atoms with Gasteiger partial charge in [0.2, 0.25) is 0 Å². The van der Waals surface area contributed by atoms with Crippen molar-refractivity contribution in [2.24, 2.45) is 5.73 Å². The quantitative estimate of drug-likeness (QED) is 0.821. The zero-order valence-corrected chi connectivity index (χ0v) is 9.95. The molecule has 0 saturated carbocycles. The number of halogens is 1. The summed E-state index contributed by atoms with van der Waals surface area (Å²) < 4.78 is 10.4. The first-order chi connectivity index (χ1) is 7.99. The lowest BCUT2D eigenvalue weighted by Gasteiger charge is -2.32. The van der Waals surface area contributed by atoms with E-state index >= 15 is 0 Å². The first-order valence-corrected chi connectivity index (χ1v) is 5.40. The lowest BCUT2D eigenvalue weighted by molar-refractivity contribution is -0.140. The fourth-order valence-corrected chi connectivity index (χ4v) is 2.10. The van der Waals surface area contributed by atoms with Crippen molar-refractivity contribution in [3.8, 4) is 11.5 Å². The Morgan fingerprint density at radius 3 is 2.94 bits per heavy atom. The molecule has 6 heteroatoms. The van der Waals surface area contributed by atoms with Gasteiger partial charge in [0, 0.05) is 18.1 Å². The van der Waals surface area contributed by atoms with Crippen molar-refractivity contribution in [3.63, 3.8) is 0 Å². The molecular weight excluding hydrogens is 246 g/mol. The van der Waals surface area contributed by atoms with Crippen LogP contribution in [-0.2, 0) is 10.4 Å². The Bertz CT molecular complexity index is 477. The van der Waals surface area contributed by atoms with Gasteiger partial charge in [0.15, 0.2) is 5.60 Å². The van der Waals surface area contributed by atoms with Gasteiger partial charge >= 0.3 is 0 Å². The van der Waals surface area contributed by atoms with E-state index in [4.69, 9.17) is 26.8 Å². The average Bonchev–Trinajstić information content (AvgIpc) is 2.30. The van der Waals surface area contributed by atoms with Crippen LogP contribution in [0.4, 0.5) is 0 Å². The molecule has 0 saturated heterocycles. The van der Waals surface area contributed by atoms with E-state index in [0.29, 0.717) is 5.75 Å². The van der Waals surface area contributed by atoms with Crippen LogP contribution in [0.3, 0.4) is 0 Å². The second-order valence-electron chi connectivity index (χ2n) is 3.81. The van der Waals surface area contributed by atoms with Crippen molar-refractivity contribution in [1.29, 1.82) is 0 Å². The summed E-state index contributed by atoms with van der Waals surface area (Å²) >= 11 is 5.99. The minimum atomic E-state index is -1.76. The van der Waals surface area contributed by atoms with Crippen molar-refractivity contribution < 1.29 is 19.4 Å². The van der Waals surface area contributed by atoms with Gasteiger partial charge in [0.05, 0.1) is 18.7 Å². The van der Waals surface area contributed by atoms with Gasteiger partial charge in [-0.15, -0.1) is 0 Å². The molecule has 1 atom stereocenters. The number of hydrogen-bond acceptors (Lipinski definition) is 4. The third kappa shape index (κ3) is 1.81. The van der Waals surface area contributed by atoms with Crippen LogP contribution in [-0.4, -0.2) is 24.7 Å². The molecule has 0 aromatic heterocycles. The highest BCUT2D eigenvalue weighted by molar-refractivity contribution is 6.32. The Hall–Kier alpha value is -1.46. The number of methoxy groups -OCH3 is 1. The summed E-state index contributed by atoms with van der Waals surface area (Å²) in [5.41, 5.74) is 3.72. The normalized spacial score (nSPS) is 22.5. The van der Waals surface area contributed by atoms with E-state index in [-0.39, 0.29) is 29.4 Å². The molecule has 0 fully saturated rings. The van der Waals surface area contributed by atoms with Gasteiger partial charge in [-0.3, -0.25) is 4.79 Å². The maximum Gasteiger partial charge on any atom is 0.254 e. The van der Waals surface area contributed by atoms with Gasteiger partial charge in [-0.2, -0.15) is 0 Å². The molecule has 92 valence electrons. The van der Waals surface area contributed by atoms with E-state index in [2.05, 4.69) is 0 Å². The Labute approximate surface area is 103 Å². The highest BCUT2D eigenvalue weighted by atomic mass is 35.5. The highest BCUT2D eigenvalue weighted by Gasteiger charge is 2.42. The lowest BCUT2D eigenvalue weighted by atomic mass is 9.87. The van der Waals surface area contributed by atoms with Crippen molar-refractivity contribution in [1.82, 2.24) is 0 Å². The molecule has 1 amide bonds. The SMILES string of the molecule is COc1cc(Cl)c2c(c1)C(O)(C(N)=O)CCO2. The Morgan fingerprint density at radius 1 is 1.65 bits per heavy atom. The first-order valence-electron chi connectivity index (χ1n) is 5.02. The number of primary amides is 1. The molecule has 1 aliphatic heterocycles. The van der Waals surface area contributed by atoms with Crippen LogP contribution in [0.25, 0.3) is 0 Å². The number of fused-ring (bicyclic) bond motifs is 1. The summed E-state index contributed by atoms with van der Waals surface area (Å²) in [6.45, 7) is 0.179. The summed E-state index contributed by atoms with van der Waals surface area (Å²) in [5.74, 6) is -0.120. The molecule has 1 aromatic rings. The zero-order valence-electron chi connectivity index (χ0n) is 9.20. The number of rotatable bonds is 2. The van der Waals surface area contributed by atoms with Crippen molar-refractivity contribution in [2.75, 3.05) is 13.7 Å². The predicted molar refractivity (Wildman–Crippen MR) is 61.2 cm³/mol. The Kier molecular flexibility index (Phi) is 2.89. The van der Waals surface area contributed by atoms with E-state index < -0.39 is 11.5 Å². The third-order valence-corrected chi connectivity index (χ3v) is 3.10. The van der Waals surface area contributed by atoms with E-state index in [9.17, 15) is 9.90 Å². The molecule has 1 aliphatic rings. The van der Waals surface area contributed by atoms with Crippen molar-refractivity contribution >= 4 is 17.5 Å². The summed E-state index contributed by atoms with van der Waals surface area (Å²) in [5, 5.41) is 10.6. The van der Waals surface area contributed by atoms with Crippen LogP contribution in [0.5, 0.6) is 11.5 Å². The molecule has 2 rings (SSSR count). The maximum atomic E-state index is 11.4. The van der Waals surface area contributed by atoms with E-state index in [0.717, 1.165) is 0 Å². The predicted octanol–water partition coefficient (Wildman–Crippen LogP) is 0.804. The minimum Gasteiger partial charge on any atom is -0.497 e. The summed E-state index contributed by atoms with van der Waals surface area (Å²) in [7, 11) is 1.46. The number of ether oxygens (including phenoxy) is 2. The molecular formula is C11H12ClNO4. The van der Waals surface area contributed by atoms with E-state index in [1.807, 2.05) is 0 Å². The molecule has 0 aliphatic carbocycles. The molecule has 17 heavy (non-hydrogen) atoms. The van der Waals surface area contributed by atoms with Gasteiger partial charge in [-0.1, -0.05) is 11.6 Å². The summed E-state index contributed by atoms with van der Waals surface area (Å²) in [6.07, 6.45) is 0.0961. The van der Waals surface area contributed by atoms with Crippen LogP contribution < -0.4 is 15.2 Å². The summed E-state index contributed by atoms with van der Waals surface area (Å²) in [4.78, 5) is 11.4. The minimum absolute atomic E-state index is 0.0961. The van der Waals surface area contributed by atoms with Gasteiger partial charge in [-0.05, 0) is 6.07 Å². The van der Waals surface area contributed by atoms with Crippen molar-refractivity contribution in [2.45, 2.75) is 12.0 Å². The number of amides is 1. The molecule has 0 radical (unpaired) electrons. The Balaban J connectivity index is 2.64. The fourth-order valence-electron chi connectivity index (χ4n) is 1.83. The molecule has 1 heterocycles. The zero-order chi connectivity index (χ0) is 12.6. The molecule has 1 unspecified atom stereocenters. The van der Waals surface area contributed by atoms with Gasteiger partial charge in [0.1, 0.15) is 11.5 Å². The van der Waals surface area contributed by atoms with Crippen LogP contribution >= 0.6 is 11.6 Å². The standard InChI is InChI=1S/C11H12ClNO4/c1-16-6-4-7-9(8(12)5-6)17-3-2-11(7,15)10(13)14/h4-5,15H,2-3H2,1H3,(H2,13,14). The fraction of sp³-hybridized carbons (Fsp3) is 0.364. The highest BCUT2D eigenvalue weighted by Crippen LogP contribution is 2.43.